The number of H-pyrrole nitrogens is 1. The molecule has 4 rings (SSSR count). The van der Waals surface area contributed by atoms with Gasteiger partial charge in [-0.15, -0.1) is 0 Å². The molecule has 1 heterocycles. The quantitative estimate of drug-likeness (QED) is 0.0212. The molecule has 0 aliphatic rings. The number of aromatic hydroxyl groups is 1. The third-order valence-corrected chi connectivity index (χ3v) is 10.2. The maximum atomic E-state index is 14.4. The highest BCUT2D eigenvalue weighted by molar-refractivity contribution is 5.97. The molecular weight excluding hydrogens is 843 g/mol. The van der Waals surface area contributed by atoms with Crippen molar-refractivity contribution in [2.24, 2.45) is 22.2 Å². The Morgan fingerprint density at radius 3 is 1.71 bits per heavy atom. The molecule has 7 atom stereocenters. The molecule has 1 aromatic heterocycles. The third kappa shape index (κ3) is 15.7. The van der Waals surface area contributed by atoms with Gasteiger partial charge in [0.25, 0.3) is 0 Å². The first-order valence-electron chi connectivity index (χ1n) is 20.8. The number of nitrogens with zero attached hydrogens (tertiary/aromatic N) is 1. The topological polar surface area (TPSA) is 359 Å². The van der Waals surface area contributed by atoms with Crippen LogP contribution in [0.2, 0.25) is 0 Å². The number of carbonyl (C=O) groups is 7. The molecule has 0 saturated carbocycles. The van der Waals surface area contributed by atoms with Crippen LogP contribution in [0.25, 0.3) is 10.9 Å². The summed E-state index contributed by atoms with van der Waals surface area (Å²) in [6.07, 6.45) is 1.40. The molecule has 0 radical (unpaired) electrons. The van der Waals surface area contributed by atoms with Gasteiger partial charge in [-0.25, -0.2) is 0 Å². The Morgan fingerprint density at radius 2 is 1.12 bits per heavy atom. The number of rotatable bonds is 24. The fourth-order valence-corrected chi connectivity index (χ4v) is 6.60. The molecule has 4 aromatic rings. The minimum Gasteiger partial charge on any atom is -0.508 e. The highest BCUT2D eigenvalue weighted by Crippen LogP contribution is 2.20. The summed E-state index contributed by atoms with van der Waals surface area (Å²) in [5.41, 5.74) is 19.2. The number of benzene rings is 3. The lowest BCUT2D eigenvalue weighted by molar-refractivity contribution is -0.141. The van der Waals surface area contributed by atoms with E-state index < -0.39 is 90.3 Å². The number of aliphatic imine (C=N–C) groups is 1. The Labute approximate surface area is 374 Å². The number of amides is 6. The van der Waals surface area contributed by atoms with Crippen LogP contribution in [0.5, 0.6) is 5.75 Å². The second kappa shape index (κ2) is 24.4. The molecule has 0 fully saturated rings. The summed E-state index contributed by atoms with van der Waals surface area (Å²) in [6, 6.07) is 12.3. The second-order valence-corrected chi connectivity index (χ2v) is 15.4. The van der Waals surface area contributed by atoms with Crippen LogP contribution in [0.1, 0.15) is 43.4 Å². The summed E-state index contributed by atoms with van der Waals surface area (Å²) in [5, 5.41) is 45.6. The van der Waals surface area contributed by atoms with Crippen LogP contribution in [0.3, 0.4) is 0 Å². The SMILES string of the molecule is C[C@H](N)C(=O)N[C@@H](Cc1ccccc1)C(=O)N[C@@H](CO)C(=O)N[C@@H](CCCN=C(N)N)C(=O)N[C@@H](Cc1c[nH]c2ccccc12)C(=O)N[C@@H](Cc1ccc(O)cc1)C(=O)N[C@@H](C)C(=O)O. The van der Waals surface area contributed by atoms with E-state index in [1.165, 1.54) is 38.1 Å². The van der Waals surface area contributed by atoms with Gasteiger partial charge in [0.2, 0.25) is 35.4 Å². The van der Waals surface area contributed by atoms with Crippen LogP contribution in [0.15, 0.2) is 90.1 Å². The lowest BCUT2D eigenvalue weighted by atomic mass is 10.0. The van der Waals surface area contributed by atoms with Crippen LogP contribution in [0, 0.1) is 0 Å². The van der Waals surface area contributed by atoms with E-state index in [1.807, 2.05) is 6.07 Å². The minimum atomic E-state index is -1.63. The van der Waals surface area contributed by atoms with Crippen LogP contribution in [0.4, 0.5) is 0 Å². The van der Waals surface area contributed by atoms with Gasteiger partial charge in [0.1, 0.15) is 42.0 Å². The summed E-state index contributed by atoms with van der Waals surface area (Å²) in [4.78, 5) is 101. The average Bonchev–Trinajstić information content (AvgIpc) is 3.68. The molecule has 21 heteroatoms. The number of nitrogens with one attached hydrogen (secondary N) is 7. The molecule has 6 amide bonds. The van der Waals surface area contributed by atoms with E-state index in [0.29, 0.717) is 16.7 Å². The normalized spacial score (nSPS) is 14.2. The number of aromatic amines is 1. The van der Waals surface area contributed by atoms with Crippen molar-refractivity contribution in [1.29, 1.82) is 0 Å². The van der Waals surface area contributed by atoms with Crippen LogP contribution < -0.4 is 49.1 Å². The molecule has 0 spiro atoms. The number of fused-ring (bicyclic) bond motifs is 1. The first-order valence-corrected chi connectivity index (χ1v) is 20.8. The number of nitrogens with two attached hydrogens (primary N) is 3. The number of para-hydroxylation sites is 1. The number of phenolic OH excluding ortho intramolecular Hbond substituents is 1. The molecular formula is C44H57N11O10. The first kappa shape index (κ1) is 50.1. The molecule has 16 N–H and O–H groups in total. The van der Waals surface area contributed by atoms with Crippen molar-refractivity contribution in [2.45, 2.75) is 88.2 Å². The fraction of sp³-hybridized carbons (Fsp3) is 0.364. The number of hydrogen-bond acceptors (Lipinski definition) is 11. The average molecular weight is 900 g/mol. The predicted octanol–water partition coefficient (Wildman–Crippen LogP) is -1.69. The van der Waals surface area contributed by atoms with Crippen molar-refractivity contribution in [2.75, 3.05) is 13.2 Å². The Morgan fingerprint density at radius 1 is 0.631 bits per heavy atom. The van der Waals surface area contributed by atoms with E-state index in [2.05, 4.69) is 41.9 Å². The van der Waals surface area contributed by atoms with Gasteiger partial charge >= 0.3 is 5.97 Å². The summed E-state index contributed by atoms with van der Waals surface area (Å²) < 4.78 is 0. The summed E-state index contributed by atoms with van der Waals surface area (Å²) in [5.74, 6) is -6.63. The largest absolute Gasteiger partial charge is 0.508 e. The monoisotopic (exact) mass is 899 g/mol. The number of carboxylic acids is 1. The van der Waals surface area contributed by atoms with Gasteiger partial charge in [-0.2, -0.15) is 0 Å². The Balaban J connectivity index is 1.63. The molecule has 0 saturated heterocycles. The molecule has 0 unspecified atom stereocenters. The number of aliphatic carboxylic acids is 1. The molecule has 0 aliphatic heterocycles. The summed E-state index contributed by atoms with van der Waals surface area (Å²) in [7, 11) is 0. The van der Waals surface area contributed by atoms with E-state index in [1.54, 1.807) is 54.7 Å². The zero-order chi connectivity index (χ0) is 47.6. The van der Waals surface area contributed by atoms with E-state index in [9.17, 15) is 48.9 Å². The van der Waals surface area contributed by atoms with Crippen molar-refractivity contribution >= 4 is 58.3 Å². The van der Waals surface area contributed by atoms with Crippen molar-refractivity contribution in [3.63, 3.8) is 0 Å². The van der Waals surface area contributed by atoms with Gasteiger partial charge in [0, 0.05) is 42.9 Å². The Hall–Kier alpha value is -7.52. The number of phenols is 1. The zero-order valence-electron chi connectivity index (χ0n) is 36.0. The predicted molar refractivity (Wildman–Crippen MR) is 239 cm³/mol. The van der Waals surface area contributed by atoms with Gasteiger partial charge < -0.3 is 69.4 Å². The van der Waals surface area contributed by atoms with E-state index in [-0.39, 0.29) is 50.4 Å². The number of aliphatic hydroxyl groups excluding tert-OH is 1. The molecule has 21 nitrogen and oxygen atoms in total. The van der Waals surface area contributed by atoms with Gasteiger partial charge in [0.05, 0.1) is 12.6 Å². The Kier molecular flexibility index (Phi) is 18.8. The smallest absolute Gasteiger partial charge is 0.325 e. The highest BCUT2D eigenvalue weighted by atomic mass is 16.4. The zero-order valence-corrected chi connectivity index (χ0v) is 36.0. The van der Waals surface area contributed by atoms with Gasteiger partial charge in [0.15, 0.2) is 5.96 Å². The fourth-order valence-electron chi connectivity index (χ4n) is 6.60. The number of aromatic nitrogens is 1. The van der Waals surface area contributed by atoms with E-state index in [0.717, 1.165) is 10.9 Å². The van der Waals surface area contributed by atoms with Crippen molar-refractivity contribution in [3.05, 3.63) is 102 Å². The van der Waals surface area contributed by atoms with Crippen molar-refractivity contribution in [1.82, 2.24) is 36.9 Å². The molecule has 348 valence electrons. The minimum absolute atomic E-state index is 0.0106. The molecule has 3 aromatic carbocycles. The van der Waals surface area contributed by atoms with Gasteiger partial charge in [-0.3, -0.25) is 38.6 Å². The van der Waals surface area contributed by atoms with Gasteiger partial charge in [-0.1, -0.05) is 60.7 Å². The number of aliphatic hydroxyl groups is 1. The maximum absolute atomic E-state index is 14.4. The lowest BCUT2D eigenvalue weighted by Crippen LogP contribution is -2.60. The van der Waals surface area contributed by atoms with Crippen LogP contribution in [-0.2, 0) is 52.8 Å². The highest BCUT2D eigenvalue weighted by Gasteiger charge is 2.34. The third-order valence-electron chi connectivity index (χ3n) is 10.2. The first-order chi connectivity index (χ1) is 30.9. The number of carboxylic acid groups (broad SMARTS) is 1. The summed E-state index contributed by atoms with van der Waals surface area (Å²) in [6.45, 7) is 1.79. The molecule has 0 bridgehead atoms. The number of carbonyl (C=O) groups excluding carboxylic acids is 6. The second-order valence-electron chi connectivity index (χ2n) is 15.4. The van der Waals surface area contributed by atoms with Gasteiger partial charge in [-0.05, 0) is 61.6 Å². The van der Waals surface area contributed by atoms with Crippen molar-refractivity contribution in [3.8, 4) is 5.75 Å². The van der Waals surface area contributed by atoms with Crippen molar-refractivity contribution < 1.29 is 48.9 Å². The van der Waals surface area contributed by atoms with E-state index >= 15 is 0 Å². The molecule has 65 heavy (non-hydrogen) atoms. The van der Waals surface area contributed by atoms with E-state index in [4.69, 9.17) is 17.2 Å². The standard InChI is InChI=1S/C44H57N11O10/c1-24(45)37(58)52-34(19-26-9-4-3-5-10-26)40(61)55-36(23-56)42(63)51-32(13-8-18-48-44(46)47)38(59)54-35(21-28-22-49-31-12-7-6-11-30(28)31)41(62)53-33(39(60)50-25(2)43(64)65)20-27-14-16-29(57)17-15-27/h3-7,9-12,14-17,22,24-25,32-36,49,56-57H,8,13,18-21,23,45H2,1-2H3,(H,50,60)(H,51,63)(H,52,58)(H,53,62)(H,54,59)(H,55,61)(H,64,65)(H4,46,47,48)/t24-,25-,32-,33-,34-,35-,36-/m0/s1. The summed E-state index contributed by atoms with van der Waals surface area (Å²) >= 11 is 0. The lowest BCUT2D eigenvalue weighted by Gasteiger charge is -2.27. The maximum Gasteiger partial charge on any atom is 0.325 e. The van der Waals surface area contributed by atoms with Crippen LogP contribution >= 0.6 is 0 Å². The molecule has 0 aliphatic carbocycles. The van der Waals surface area contributed by atoms with Crippen LogP contribution in [-0.4, -0.2) is 123 Å². The number of guanidine groups is 1. The Bertz CT molecular complexity index is 2300. The number of hydrogen-bond donors (Lipinski definition) is 13.